The maximum Gasteiger partial charge on any atom is 0.119 e. The van der Waals surface area contributed by atoms with Crippen LogP contribution >= 0.6 is 0 Å². The van der Waals surface area contributed by atoms with E-state index in [9.17, 15) is 0 Å². The molecule has 0 fully saturated rings. The van der Waals surface area contributed by atoms with E-state index in [0.29, 0.717) is 6.54 Å². The molecule has 1 atom stereocenters. The topological polar surface area (TPSA) is 41.3 Å². The summed E-state index contributed by atoms with van der Waals surface area (Å²) in [4.78, 5) is 2.28. The summed E-state index contributed by atoms with van der Waals surface area (Å²) in [6.45, 7) is 5.70. The lowest BCUT2D eigenvalue weighted by Crippen LogP contribution is -2.48. The average molecular weight is 267 g/mol. The standard InChI is InChI=1S/C17H21N3/c1-12-3-5-14(6-4-12)17-15(10-18)11-20-8-7-13(2)9-16(20)19-17/h3-9,16,19H,10-11,18H2,1-2H3. The van der Waals surface area contributed by atoms with Gasteiger partial charge in [-0.05, 0) is 42.7 Å². The molecule has 0 aliphatic carbocycles. The summed E-state index contributed by atoms with van der Waals surface area (Å²) in [7, 11) is 0. The molecule has 3 heteroatoms. The Labute approximate surface area is 120 Å². The molecule has 3 N–H and O–H groups in total. The van der Waals surface area contributed by atoms with Crippen LogP contribution in [0.3, 0.4) is 0 Å². The van der Waals surface area contributed by atoms with Gasteiger partial charge in [0, 0.05) is 25.0 Å². The Kier molecular flexibility index (Phi) is 3.36. The lowest BCUT2D eigenvalue weighted by Gasteiger charge is -2.39. The van der Waals surface area contributed by atoms with Crippen LogP contribution in [0.1, 0.15) is 18.1 Å². The molecule has 1 unspecified atom stereocenters. The highest BCUT2D eigenvalue weighted by Gasteiger charge is 2.25. The Morgan fingerprint density at radius 2 is 2.00 bits per heavy atom. The van der Waals surface area contributed by atoms with E-state index in [4.69, 9.17) is 5.73 Å². The number of nitrogens with one attached hydrogen (secondary N) is 1. The van der Waals surface area contributed by atoms with Crippen molar-refractivity contribution in [1.82, 2.24) is 10.2 Å². The normalized spacial score (nSPS) is 21.4. The van der Waals surface area contributed by atoms with E-state index in [1.54, 1.807) is 0 Å². The minimum Gasteiger partial charge on any atom is -0.361 e. The Bertz CT molecular complexity index is 593. The van der Waals surface area contributed by atoms with Crippen LogP contribution in [-0.4, -0.2) is 24.2 Å². The van der Waals surface area contributed by atoms with Crippen molar-refractivity contribution >= 4 is 5.70 Å². The molecule has 0 saturated heterocycles. The van der Waals surface area contributed by atoms with Gasteiger partial charge in [-0.2, -0.15) is 0 Å². The van der Waals surface area contributed by atoms with Crippen molar-refractivity contribution in [1.29, 1.82) is 0 Å². The van der Waals surface area contributed by atoms with E-state index in [2.05, 4.69) is 66.7 Å². The third-order valence-corrected chi connectivity index (χ3v) is 3.91. The highest BCUT2D eigenvalue weighted by molar-refractivity contribution is 5.69. The van der Waals surface area contributed by atoms with Crippen LogP contribution in [0.5, 0.6) is 0 Å². The predicted molar refractivity (Wildman–Crippen MR) is 83.7 cm³/mol. The highest BCUT2D eigenvalue weighted by atomic mass is 15.3. The quantitative estimate of drug-likeness (QED) is 0.864. The molecule has 0 amide bonds. The van der Waals surface area contributed by atoms with E-state index in [0.717, 1.165) is 6.54 Å². The smallest absolute Gasteiger partial charge is 0.119 e. The number of rotatable bonds is 2. The first-order valence-corrected chi connectivity index (χ1v) is 7.05. The van der Waals surface area contributed by atoms with Gasteiger partial charge < -0.3 is 16.0 Å². The third kappa shape index (κ3) is 2.37. The first-order valence-electron chi connectivity index (χ1n) is 7.05. The molecule has 3 nitrogen and oxygen atoms in total. The Morgan fingerprint density at radius 1 is 1.25 bits per heavy atom. The van der Waals surface area contributed by atoms with E-state index >= 15 is 0 Å². The Balaban J connectivity index is 1.97. The van der Waals surface area contributed by atoms with Crippen LogP contribution < -0.4 is 11.1 Å². The molecule has 0 bridgehead atoms. The summed E-state index contributed by atoms with van der Waals surface area (Å²) in [5, 5.41) is 3.62. The van der Waals surface area contributed by atoms with Crippen molar-refractivity contribution in [3.05, 3.63) is 64.9 Å². The van der Waals surface area contributed by atoms with Gasteiger partial charge in [-0.15, -0.1) is 0 Å². The molecular weight excluding hydrogens is 246 g/mol. The summed E-state index contributed by atoms with van der Waals surface area (Å²) < 4.78 is 0. The van der Waals surface area contributed by atoms with Crippen LogP contribution in [-0.2, 0) is 0 Å². The Morgan fingerprint density at radius 3 is 2.70 bits per heavy atom. The third-order valence-electron chi connectivity index (χ3n) is 3.91. The van der Waals surface area contributed by atoms with Crippen LogP contribution in [0.25, 0.3) is 5.70 Å². The predicted octanol–water partition coefficient (Wildman–Crippen LogP) is 2.37. The van der Waals surface area contributed by atoms with Crippen molar-refractivity contribution in [2.45, 2.75) is 20.0 Å². The zero-order valence-corrected chi connectivity index (χ0v) is 12.1. The number of benzene rings is 1. The van der Waals surface area contributed by atoms with Gasteiger partial charge in [-0.1, -0.05) is 29.8 Å². The summed E-state index contributed by atoms with van der Waals surface area (Å²) >= 11 is 0. The molecule has 0 aromatic heterocycles. The van der Waals surface area contributed by atoms with Gasteiger partial charge >= 0.3 is 0 Å². The van der Waals surface area contributed by atoms with Gasteiger partial charge in [-0.3, -0.25) is 0 Å². The van der Waals surface area contributed by atoms with E-state index in [1.807, 2.05) is 0 Å². The average Bonchev–Trinajstić information content (AvgIpc) is 2.46. The minimum absolute atomic E-state index is 0.228. The monoisotopic (exact) mass is 267 g/mol. The molecule has 20 heavy (non-hydrogen) atoms. The van der Waals surface area contributed by atoms with Gasteiger partial charge in [0.2, 0.25) is 0 Å². The maximum absolute atomic E-state index is 5.95. The zero-order chi connectivity index (χ0) is 14.1. The molecule has 1 aromatic rings. The number of hydrogen-bond donors (Lipinski definition) is 2. The molecule has 0 radical (unpaired) electrons. The van der Waals surface area contributed by atoms with Crippen LogP contribution in [0.2, 0.25) is 0 Å². The fraction of sp³-hybridized carbons (Fsp3) is 0.294. The van der Waals surface area contributed by atoms with E-state index in [-0.39, 0.29) is 6.17 Å². The molecular formula is C17H21N3. The van der Waals surface area contributed by atoms with E-state index < -0.39 is 0 Å². The first-order chi connectivity index (χ1) is 9.67. The van der Waals surface area contributed by atoms with Crippen LogP contribution in [0.4, 0.5) is 0 Å². The molecule has 2 aliphatic heterocycles. The largest absolute Gasteiger partial charge is 0.361 e. The molecule has 2 heterocycles. The summed E-state index contributed by atoms with van der Waals surface area (Å²) in [5.74, 6) is 0. The minimum atomic E-state index is 0.228. The molecule has 0 spiro atoms. The van der Waals surface area contributed by atoms with Crippen molar-refractivity contribution in [2.75, 3.05) is 13.1 Å². The molecule has 0 saturated carbocycles. The second-order valence-electron chi connectivity index (χ2n) is 5.54. The molecule has 2 aliphatic rings. The maximum atomic E-state index is 5.95. The van der Waals surface area contributed by atoms with Gasteiger partial charge in [0.05, 0.1) is 0 Å². The fourth-order valence-electron chi connectivity index (χ4n) is 2.71. The SMILES string of the molecule is CC1=CC2NC(c3ccc(C)cc3)=C(CN)CN2C=C1. The van der Waals surface area contributed by atoms with Crippen molar-refractivity contribution in [2.24, 2.45) is 5.73 Å². The number of aryl methyl sites for hydroxylation is 1. The number of fused-ring (bicyclic) bond motifs is 1. The Hall–Kier alpha value is -2.00. The summed E-state index contributed by atoms with van der Waals surface area (Å²) in [5.41, 5.74) is 12.2. The molecule has 104 valence electrons. The zero-order valence-electron chi connectivity index (χ0n) is 12.1. The van der Waals surface area contributed by atoms with Crippen molar-refractivity contribution in [3.63, 3.8) is 0 Å². The van der Waals surface area contributed by atoms with E-state index in [1.165, 1.54) is 28.0 Å². The van der Waals surface area contributed by atoms with Crippen molar-refractivity contribution in [3.8, 4) is 0 Å². The second kappa shape index (κ2) is 5.17. The van der Waals surface area contributed by atoms with Gasteiger partial charge in [0.1, 0.15) is 6.17 Å². The van der Waals surface area contributed by atoms with Gasteiger partial charge in [-0.25, -0.2) is 0 Å². The number of nitrogens with zero attached hydrogens (tertiary/aromatic N) is 1. The lowest BCUT2D eigenvalue weighted by molar-refractivity contribution is 0.301. The first kappa shape index (κ1) is 13.0. The lowest BCUT2D eigenvalue weighted by atomic mass is 10.00. The molecule has 3 rings (SSSR count). The summed E-state index contributed by atoms with van der Waals surface area (Å²) in [6.07, 6.45) is 6.77. The number of nitrogens with two attached hydrogens (primary N) is 1. The number of allylic oxidation sites excluding steroid dienone is 2. The van der Waals surface area contributed by atoms with Crippen LogP contribution in [0, 0.1) is 6.92 Å². The van der Waals surface area contributed by atoms with Gasteiger partial charge in [0.15, 0.2) is 0 Å². The molecule has 1 aromatic carbocycles. The second-order valence-corrected chi connectivity index (χ2v) is 5.54. The number of hydrogen-bond acceptors (Lipinski definition) is 3. The summed E-state index contributed by atoms with van der Waals surface area (Å²) in [6, 6.07) is 8.62. The van der Waals surface area contributed by atoms with Crippen molar-refractivity contribution < 1.29 is 0 Å². The fourth-order valence-corrected chi connectivity index (χ4v) is 2.71. The highest BCUT2D eigenvalue weighted by Crippen LogP contribution is 2.26. The van der Waals surface area contributed by atoms with Gasteiger partial charge in [0.25, 0.3) is 0 Å². The van der Waals surface area contributed by atoms with Crippen LogP contribution in [0.15, 0.2) is 53.8 Å².